The fourth-order valence-electron chi connectivity index (χ4n) is 2.71. The zero-order valence-electron chi connectivity index (χ0n) is 12.3. The Hall–Kier alpha value is -1.95. The first kappa shape index (κ1) is 14.0. The molecule has 2 aromatic rings. The molecule has 3 rings (SSSR count). The van der Waals surface area contributed by atoms with Crippen molar-refractivity contribution in [3.05, 3.63) is 41.6 Å². The highest BCUT2D eigenvalue weighted by Crippen LogP contribution is 2.19. The van der Waals surface area contributed by atoms with Crippen molar-refractivity contribution in [2.75, 3.05) is 13.1 Å². The standard InChI is InChI=1S/C15H19FN4O/c1-11-12(8-19(2)18-11)9-20-7-6-13(10-20)21-15-5-3-4-14(16)17-15/h3-5,8,13H,6-7,9-10H2,1-2H3. The lowest BCUT2D eigenvalue weighted by atomic mass is 10.2. The normalized spacial score (nSPS) is 19.1. The molecular weight excluding hydrogens is 271 g/mol. The van der Waals surface area contributed by atoms with Gasteiger partial charge in [-0.2, -0.15) is 14.5 Å². The van der Waals surface area contributed by atoms with E-state index in [1.165, 1.54) is 11.6 Å². The van der Waals surface area contributed by atoms with E-state index in [9.17, 15) is 4.39 Å². The number of aromatic nitrogens is 3. The summed E-state index contributed by atoms with van der Waals surface area (Å²) in [5.41, 5.74) is 2.30. The monoisotopic (exact) mass is 290 g/mol. The molecule has 0 amide bonds. The maximum Gasteiger partial charge on any atom is 0.216 e. The molecule has 21 heavy (non-hydrogen) atoms. The van der Waals surface area contributed by atoms with Crippen LogP contribution in [0.25, 0.3) is 0 Å². The molecule has 0 saturated carbocycles. The van der Waals surface area contributed by atoms with Crippen LogP contribution in [-0.2, 0) is 13.6 Å². The van der Waals surface area contributed by atoms with Crippen LogP contribution < -0.4 is 4.74 Å². The summed E-state index contributed by atoms with van der Waals surface area (Å²) >= 11 is 0. The Kier molecular flexibility index (Phi) is 3.88. The molecule has 112 valence electrons. The smallest absolute Gasteiger partial charge is 0.216 e. The largest absolute Gasteiger partial charge is 0.473 e. The van der Waals surface area contributed by atoms with E-state index in [-0.39, 0.29) is 6.10 Å². The Morgan fingerprint density at radius 2 is 2.29 bits per heavy atom. The molecule has 1 unspecified atom stereocenters. The SMILES string of the molecule is Cc1nn(C)cc1CN1CCC(Oc2cccc(F)n2)C1. The summed E-state index contributed by atoms with van der Waals surface area (Å²) in [7, 11) is 1.93. The van der Waals surface area contributed by atoms with Crippen LogP contribution in [0, 0.1) is 12.9 Å². The summed E-state index contributed by atoms with van der Waals surface area (Å²) in [4.78, 5) is 6.07. The molecular formula is C15H19FN4O. The van der Waals surface area contributed by atoms with Crippen molar-refractivity contribution < 1.29 is 9.13 Å². The minimum atomic E-state index is -0.506. The second-order valence-electron chi connectivity index (χ2n) is 5.48. The number of rotatable bonds is 4. The van der Waals surface area contributed by atoms with E-state index in [4.69, 9.17) is 4.74 Å². The molecule has 0 bridgehead atoms. The van der Waals surface area contributed by atoms with E-state index >= 15 is 0 Å². The highest BCUT2D eigenvalue weighted by atomic mass is 19.1. The van der Waals surface area contributed by atoms with Gasteiger partial charge >= 0.3 is 0 Å². The topological polar surface area (TPSA) is 43.2 Å². The van der Waals surface area contributed by atoms with Gasteiger partial charge in [0.05, 0.1) is 5.69 Å². The van der Waals surface area contributed by atoms with Gasteiger partial charge in [0.15, 0.2) is 0 Å². The molecule has 1 saturated heterocycles. The zero-order chi connectivity index (χ0) is 14.8. The Morgan fingerprint density at radius 1 is 1.43 bits per heavy atom. The van der Waals surface area contributed by atoms with Gasteiger partial charge in [-0.15, -0.1) is 0 Å². The van der Waals surface area contributed by atoms with E-state index < -0.39 is 5.95 Å². The second-order valence-corrected chi connectivity index (χ2v) is 5.48. The quantitative estimate of drug-likeness (QED) is 0.807. The zero-order valence-corrected chi connectivity index (χ0v) is 12.3. The molecule has 2 aromatic heterocycles. The van der Waals surface area contributed by atoms with Crippen LogP contribution in [-0.4, -0.2) is 38.9 Å². The lowest BCUT2D eigenvalue weighted by Gasteiger charge is -2.16. The Morgan fingerprint density at radius 3 is 3.00 bits per heavy atom. The van der Waals surface area contributed by atoms with Crippen molar-refractivity contribution >= 4 is 0 Å². The number of halogens is 1. The van der Waals surface area contributed by atoms with Crippen molar-refractivity contribution in [3.63, 3.8) is 0 Å². The summed E-state index contributed by atoms with van der Waals surface area (Å²) in [6.07, 6.45) is 3.05. The van der Waals surface area contributed by atoms with Crippen molar-refractivity contribution in [1.82, 2.24) is 19.7 Å². The van der Waals surface area contributed by atoms with Gasteiger partial charge in [0, 0.05) is 44.5 Å². The molecule has 0 N–H and O–H groups in total. The molecule has 0 radical (unpaired) electrons. The minimum absolute atomic E-state index is 0.0660. The predicted molar refractivity (Wildman–Crippen MR) is 76.5 cm³/mol. The summed E-state index contributed by atoms with van der Waals surface area (Å²) in [5.74, 6) is -0.146. The first-order chi connectivity index (χ1) is 10.1. The van der Waals surface area contributed by atoms with Crippen molar-refractivity contribution in [2.45, 2.75) is 26.0 Å². The van der Waals surface area contributed by atoms with Crippen molar-refractivity contribution in [1.29, 1.82) is 0 Å². The summed E-state index contributed by atoms with van der Waals surface area (Å²) < 4.78 is 20.6. The van der Waals surface area contributed by atoms with Crippen LogP contribution in [0.4, 0.5) is 4.39 Å². The van der Waals surface area contributed by atoms with Gasteiger partial charge in [-0.05, 0) is 19.4 Å². The number of pyridine rings is 1. The Balaban J connectivity index is 1.57. The highest BCUT2D eigenvalue weighted by molar-refractivity contribution is 5.15. The molecule has 0 aromatic carbocycles. The average molecular weight is 290 g/mol. The summed E-state index contributed by atoms with van der Waals surface area (Å²) in [6.45, 7) is 4.69. The van der Waals surface area contributed by atoms with E-state index in [2.05, 4.69) is 21.2 Å². The molecule has 5 nitrogen and oxygen atoms in total. The Labute approximate surface area is 123 Å². The molecule has 1 aliphatic rings. The predicted octanol–water partition coefficient (Wildman–Crippen LogP) is 1.92. The number of aryl methyl sites for hydroxylation is 2. The maximum atomic E-state index is 13.0. The van der Waals surface area contributed by atoms with Crippen LogP contribution in [0.15, 0.2) is 24.4 Å². The van der Waals surface area contributed by atoms with Gasteiger partial charge in [0.1, 0.15) is 6.10 Å². The fourth-order valence-corrected chi connectivity index (χ4v) is 2.71. The summed E-state index contributed by atoms with van der Waals surface area (Å²) in [6, 6.07) is 4.62. The Bertz CT molecular complexity index is 628. The van der Waals surface area contributed by atoms with Crippen molar-refractivity contribution in [3.8, 4) is 5.88 Å². The van der Waals surface area contributed by atoms with Crippen LogP contribution in [0.5, 0.6) is 5.88 Å². The van der Waals surface area contributed by atoms with E-state index in [0.717, 1.165) is 31.7 Å². The van der Waals surface area contributed by atoms with Gasteiger partial charge in [0.25, 0.3) is 0 Å². The molecule has 0 spiro atoms. The van der Waals surface area contributed by atoms with Crippen LogP contribution in [0.1, 0.15) is 17.7 Å². The number of hydrogen-bond acceptors (Lipinski definition) is 4. The fraction of sp³-hybridized carbons (Fsp3) is 0.467. The molecule has 0 aliphatic carbocycles. The number of likely N-dealkylation sites (tertiary alicyclic amines) is 1. The molecule has 1 atom stereocenters. The first-order valence-electron chi connectivity index (χ1n) is 7.11. The summed E-state index contributed by atoms with van der Waals surface area (Å²) in [5, 5.41) is 4.36. The van der Waals surface area contributed by atoms with Crippen LogP contribution in [0.2, 0.25) is 0 Å². The van der Waals surface area contributed by atoms with Gasteiger partial charge in [-0.1, -0.05) is 6.07 Å². The number of hydrogen-bond donors (Lipinski definition) is 0. The van der Waals surface area contributed by atoms with Gasteiger partial charge < -0.3 is 4.74 Å². The lowest BCUT2D eigenvalue weighted by molar-refractivity contribution is 0.189. The first-order valence-corrected chi connectivity index (χ1v) is 7.11. The molecule has 6 heteroatoms. The van der Waals surface area contributed by atoms with E-state index in [1.54, 1.807) is 12.1 Å². The molecule has 1 aliphatic heterocycles. The highest BCUT2D eigenvalue weighted by Gasteiger charge is 2.25. The lowest BCUT2D eigenvalue weighted by Crippen LogP contribution is -2.25. The van der Waals surface area contributed by atoms with Crippen LogP contribution in [0.3, 0.4) is 0 Å². The maximum absolute atomic E-state index is 13.0. The third-order valence-electron chi connectivity index (χ3n) is 3.72. The third kappa shape index (κ3) is 3.39. The minimum Gasteiger partial charge on any atom is -0.473 e. The van der Waals surface area contributed by atoms with Gasteiger partial charge in [-0.3, -0.25) is 9.58 Å². The average Bonchev–Trinajstić information content (AvgIpc) is 2.97. The van der Waals surface area contributed by atoms with E-state index in [0.29, 0.717) is 5.88 Å². The molecule has 3 heterocycles. The number of ether oxygens (including phenoxy) is 1. The van der Waals surface area contributed by atoms with Crippen molar-refractivity contribution in [2.24, 2.45) is 7.05 Å². The van der Waals surface area contributed by atoms with Crippen LogP contribution >= 0.6 is 0 Å². The van der Waals surface area contributed by atoms with E-state index in [1.807, 2.05) is 18.7 Å². The number of nitrogens with zero attached hydrogens (tertiary/aromatic N) is 4. The third-order valence-corrected chi connectivity index (χ3v) is 3.72. The van der Waals surface area contributed by atoms with Gasteiger partial charge in [0.2, 0.25) is 11.8 Å². The van der Waals surface area contributed by atoms with Gasteiger partial charge in [-0.25, -0.2) is 0 Å². The second kappa shape index (κ2) is 5.81. The molecule has 1 fully saturated rings.